The van der Waals surface area contributed by atoms with E-state index in [1.807, 2.05) is 30.5 Å². The zero-order valence-corrected chi connectivity index (χ0v) is 16.4. The minimum Gasteiger partial charge on any atom is -0.341 e. The molecule has 7 heteroatoms. The van der Waals surface area contributed by atoms with Crippen molar-refractivity contribution in [3.63, 3.8) is 0 Å². The number of pyridine rings is 1. The van der Waals surface area contributed by atoms with Gasteiger partial charge in [-0.1, -0.05) is 36.0 Å². The van der Waals surface area contributed by atoms with Gasteiger partial charge in [-0.05, 0) is 43.5 Å². The average Bonchev–Trinajstić information content (AvgIpc) is 3.37. The summed E-state index contributed by atoms with van der Waals surface area (Å²) in [4.78, 5) is 7.06. The monoisotopic (exact) mass is 390 g/mol. The Morgan fingerprint density at radius 1 is 0.893 bits per heavy atom. The average molecular weight is 391 g/mol. The molecule has 0 N–H and O–H groups in total. The van der Waals surface area contributed by atoms with Crippen molar-refractivity contribution >= 4 is 23.4 Å². The summed E-state index contributed by atoms with van der Waals surface area (Å²) >= 11 is 1.68. The second-order valence-corrected chi connectivity index (χ2v) is 7.93. The van der Waals surface area contributed by atoms with Crippen LogP contribution in [-0.4, -0.2) is 37.2 Å². The first-order valence-corrected chi connectivity index (χ1v) is 10.7. The van der Waals surface area contributed by atoms with Crippen molar-refractivity contribution in [1.29, 1.82) is 0 Å². The van der Waals surface area contributed by atoms with Crippen LogP contribution >= 0.6 is 11.8 Å². The first-order valence-electron chi connectivity index (χ1n) is 9.70. The molecule has 0 atom stereocenters. The molecule has 5 rings (SSSR count). The molecular weight excluding hydrogens is 368 g/mol. The number of anilines is 1. The van der Waals surface area contributed by atoms with Gasteiger partial charge in [0, 0.05) is 31.2 Å². The second-order valence-electron chi connectivity index (χ2n) is 6.99. The van der Waals surface area contributed by atoms with Crippen LogP contribution < -0.4 is 4.90 Å². The van der Waals surface area contributed by atoms with E-state index in [9.17, 15) is 0 Å². The SMILES string of the molecule is c1ccc(-n2c(SCc3cn4ccccc4n3)nnc2N2CCCCC2)cc1. The number of aromatic nitrogens is 5. The number of para-hydroxylation sites is 1. The Kier molecular flexibility index (Phi) is 4.74. The molecule has 1 aromatic carbocycles. The van der Waals surface area contributed by atoms with E-state index in [1.165, 1.54) is 19.3 Å². The van der Waals surface area contributed by atoms with Crippen LogP contribution in [0.1, 0.15) is 25.0 Å². The predicted octanol–water partition coefficient (Wildman–Crippen LogP) is 4.20. The molecule has 0 unspecified atom stereocenters. The summed E-state index contributed by atoms with van der Waals surface area (Å²) in [7, 11) is 0. The standard InChI is InChI=1S/C21H22N6S/c1-3-9-18(10-4-1)27-20(25-12-6-2-7-13-25)23-24-21(27)28-16-17-15-26-14-8-5-11-19(26)22-17/h1,3-5,8-11,14-15H,2,6-7,12-13,16H2. The van der Waals surface area contributed by atoms with Crippen molar-refractivity contribution in [2.24, 2.45) is 0 Å². The summed E-state index contributed by atoms with van der Waals surface area (Å²) in [5, 5.41) is 10.0. The molecule has 6 nitrogen and oxygen atoms in total. The third kappa shape index (κ3) is 3.38. The van der Waals surface area contributed by atoms with E-state index in [4.69, 9.17) is 4.98 Å². The quantitative estimate of drug-likeness (QED) is 0.478. The van der Waals surface area contributed by atoms with Gasteiger partial charge in [0.25, 0.3) is 0 Å². The fourth-order valence-corrected chi connectivity index (χ4v) is 4.48. The first kappa shape index (κ1) is 17.3. The molecule has 0 spiro atoms. The third-order valence-corrected chi connectivity index (χ3v) is 6.00. The number of hydrogen-bond donors (Lipinski definition) is 0. The van der Waals surface area contributed by atoms with Gasteiger partial charge >= 0.3 is 0 Å². The van der Waals surface area contributed by atoms with Gasteiger partial charge in [-0.15, -0.1) is 10.2 Å². The maximum atomic E-state index is 4.70. The number of thioether (sulfide) groups is 1. The Morgan fingerprint density at radius 2 is 1.71 bits per heavy atom. The number of nitrogens with zero attached hydrogens (tertiary/aromatic N) is 6. The Hall–Kier alpha value is -2.80. The highest BCUT2D eigenvalue weighted by molar-refractivity contribution is 7.98. The van der Waals surface area contributed by atoms with Crippen molar-refractivity contribution in [2.75, 3.05) is 18.0 Å². The summed E-state index contributed by atoms with van der Waals surface area (Å²) in [5.74, 6) is 1.70. The van der Waals surface area contributed by atoms with Gasteiger partial charge in [-0.25, -0.2) is 4.98 Å². The van der Waals surface area contributed by atoms with Gasteiger partial charge < -0.3 is 9.30 Å². The maximum absolute atomic E-state index is 4.70. The van der Waals surface area contributed by atoms with Crippen molar-refractivity contribution in [1.82, 2.24) is 24.1 Å². The number of benzene rings is 1. The topological polar surface area (TPSA) is 51.3 Å². The smallest absolute Gasteiger partial charge is 0.232 e. The summed E-state index contributed by atoms with van der Waals surface area (Å²) in [5.41, 5.74) is 3.11. The van der Waals surface area contributed by atoms with E-state index in [1.54, 1.807) is 11.8 Å². The molecule has 4 aromatic rings. The van der Waals surface area contributed by atoms with E-state index < -0.39 is 0 Å². The van der Waals surface area contributed by atoms with Gasteiger partial charge in [-0.3, -0.25) is 4.57 Å². The van der Waals surface area contributed by atoms with Crippen LogP contribution in [0.15, 0.2) is 66.1 Å². The predicted molar refractivity (Wildman–Crippen MR) is 112 cm³/mol. The lowest BCUT2D eigenvalue weighted by Crippen LogP contribution is -2.31. The highest BCUT2D eigenvalue weighted by atomic mass is 32.2. The van der Waals surface area contributed by atoms with E-state index >= 15 is 0 Å². The lowest BCUT2D eigenvalue weighted by Gasteiger charge is -2.27. The van der Waals surface area contributed by atoms with Crippen LogP contribution in [0.2, 0.25) is 0 Å². The van der Waals surface area contributed by atoms with Crippen molar-refractivity contribution in [3.8, 4) is 5.69 Å². The zero-order chi connectivity index (χ0) is 18.8. The fourth-order valence-electron chi connectivity index (χ4n) is 3.65. The molecule has 1 aliphatic rings. The summed E-state index contributed by atoms with van der Waals surface area (Å²) in [6.07, 6.45) is 7.83. The van der Waals surface area contributed by atoms with Gasteiger partial charge in [0.2, 0.25) is 5.95 Å². The number of piperidine rings is 1. The number of fused-ring (bicyclic) bond motifs is 1. The van der Waals surface area contributed by atoms with Crippen LogP contribution in [0.3, 0.4) is 0 Å². The van der Waals surface area contributed by atoms with E-state index in [0.717, 1.165) is 47.0 Å². The normalized spacial score (nSPS) is 14.6. The molecular formula is C21H22N6S. The Labute approximate surface area is 168 Å². The molecule has 28 heavy (non-hydrogen) atoms. The molecule has 1 fully saturated rings. The van der Waals surface area contributed by atoms with Crippen LogP contribution in [0, 0.1) is 0 Å². The molecule has 4 heterocycles. The molecule has 0 saturated carbocycles. The number of imidazole rings is 1. The molecule has 1 saturated heterocycles. The molecule has 0 amide bonds. The van der Waals surface area contributed by atoms with Gasteiger partial charge in [-0.2, -0.15) is 0 Å². The first-order chi connectivity index (χ1) is 13.9. The van der Waals surface area contributed by atoms with Crippen molar-refractivity contribution in [3.05, 3.63) is 66.6 Å². The highest BCUT2D eigenvalue weighted by Crippen LogP contribution is 2.29. The number of rotatable bonds is 5. The largest absolute Gasteiger partial charge is 0.341 e. The Balaban J connectivity index is 1.45. The van der Waals surface area contributed by atoms with E-state index in [-0.39, 0.29) is 0 Å². The molecule has 1 aliphatic heterocycles. The molecule has 142 valence electrons. The molecule has 3 aromatic heterocycles. The zero-order valence-electron chi connectivity index (χ0n) is 15.6. The highest BCUT2D eigenvalue weighted by Gasteiger charge is 2.21. The Bertz CT molecular complexity index is 1030. The second kappa shape index (κ2) is 7.67. The van der Waals surface area contributed by atoms with Crippen LogP contribution in [-0.2, 0) is 5.75 Å². The summed E-state index contributed by atoms with van der Waals surface area (Å²) in [6.45, 7) is 2.09. The minimum absolute atomic E-state index is 0.757. The van der Waals surface area contributed by atoms with Gasteiger partial charge in [0.05, 0.1) is 11.4 Å². The lowest BCUT2D eigenvalue weighted by atomic mass is 10.1. The van der Waals surface area contributed by atoms with E-state index in [0.29, 0.717) is 0 Å². The van der Waals surface area contributed by atoms with Crippen molar-refractivity contribution < 1.29 is 0 Å². The Morgan fingerprint density at radius 3 is 2.54 bits per heavy atom. The fraction of sp³-hybridized carbons (Fsp3) is 0.286. The van der Waals surface area contributed by atoms with Crippen LogP contribution in [0.5, 0.6) is 0 Å². The third-order valence-electron chi connectivity index (χ3n) is 5.03. The lowest BCUT2D eigenvalue weighted by molar-refractivity contribution is 0.564. The number of hydrogen-bond acceptors (Lipinski definition) is 5. The van der Waals surface area contributed by atoms with Gasteiger partial charge in [0.15, 0.2) is 5.16 Å². The molecule has 0 radical (unpaired) electrons. The minimum atomic E-state index is 0.757. The molecule has 0 aliphatic carbocycles. The van der Waals surface area contributed by atoms with Crippen LogP contribution in [0.4, 0.5) is 5.95 Å². The van der Waals surface area contributed by atoms with Gasteiger partial charge in [0.1, 0.15) is 5.65 Å². The van der Waals surface area contributed by atoms with Crippen molar-refractivity contribution in [2.45, 2.75) is 30.2 Å². The molecule has 0 bridgehead atoms. The summed E-state index contributed by atoms with van der Waals surface area (Å²) < 4.78 is 4.24. The van der Waals surface area contributed by atoms with Crippen LogP contribution in [0.25, 0.3) is 11.3 Å². The maximum Gasteiger partial charge on any atom is 0.232 e. The summed E-state index contributed by atoms with van der Waals surface area (Å²) in [6, 6.07) is 16.4. The van der Waals surface area contributed by atoms with E-state index in [2.05, 4.69) is 54.5 Å².